The highest BCUT2D eigenvalue weighted by Crippen LogP contribution is 2.27. The Morgan fingerprint density at radius 1 is 1.28 bits per heavy atom. The number of benzene rings is 1. The molecule has 0 aliphatic rings. The molecule has 18 heavy (non-hydrogen) atoms. The van der Waals surface area contributed by atoms with Gasteiger partial charge in [-0.1, -0.05) is 48.3 Å². The van der Waals surface area contributed by atoms with E-state index in [4.69, 9.17) is 4.74 Å². The Balaban J connectivity index is 2.63. The minimum atomic E-state index is 0.569. The van der Waals surface area contributed by atoms with E-state index in [1.807, 2.05) is 0 Å². The smallest absolute Gasteiger partial charge is 0.0587 e. The zero-order chi connectivity index (χ0) is 13.4. The molecule has 0 saturated heterocycles. The summed E-state index contributed by atoms with van der Waals surface area (Å²) in [4.78, 5) is 0. The summed E-state index contributed by atoms with van der Waals surface area (Å²) in [5, 5.41) is 3.48. The number of nitrogens with one attached hydrogen (secondary N) is 1. The van der Waals surface area contributed by atoms with Gasteiger partial charge in [0.25, 0.3) is 0 Å². The lowest BCUT2D eigenvalue weighted by molar-refractivity contribution is 0.198. The molecular formula is C15H24BrNO. The van der Waals surface area contributed by atoms with Crippen molar-refractivity contribution in [1.82, 2.24) is 5.32 Å². The summed E-state index contributed by atoms with van der Waals surface area (Å²) in [6.07, 6.45) is 1.20. The van der Waals surface area contributed by atoms with Gasteiger partial charge in [0.15, 0.2) is 0 Å². The molecule has 0 radical (unpaired) electrons. The summed E-state index contributed by atoms with van der Waals surface area (Å²) < 4.78 is 6.20. The molecule has 0 amide bonds. The average molecular weight is 314 g/mol. The van der Waals surface area contributed by atoms with Gasteiger partial charge in [0.05, 0.1) is 6.61 Å². The van der Waals surface area contributed by atoms with Crippen molar-refractivity contribution in [3.63, 3.8) is 0 Å². The topological polar surface area (TPSA) is 21.3 Å². The number of rotatable bonds is 8. The van der Waals surface area contributed by atoms with Gasteiger partial charge < -0.3 is 10.1 Å². The molecule has 1 N–H and O–H groups in total. The van der Waals surface area contributed by atoms with Crippen LogP contribution in [0.1, 0.15) is 31.7 Å². The maximum absolute atomic E-state index is 5.06. The maximum Gasteiger partial charge on any atom is 0.0587 e. The zero-order valence-corrected chi connectivity index (χ0v) is 13.2. The largest absolute Gasteiger partial charge is 0.383 e. The fraction of sp³-hybridized carbons (Fsp3) is 0.600. The van der Waals surface area contributed by atoms with Gasteiger partial charge in [0.2, 0.25) is 0 Å². The fourth-order valence-electron chi connectivity index (χ4n) is 2.07. The first-order valence-corrected chi connectivity index (χ1v) is 7.43. The van der Waals surface area contributed by atoms with E-state index in [-0.39, 0.29) is 0 Å². The predicted molar refractivity (Wildman–Crippen MR) is 81.1 cm³/mol. The van der Waals surface area contributed by atoms with Crippen LogP contribution >= 0.6 is 15.9 Å². The second-order valence-corrected chi connectivity index (χ2v) is 5.66. The Bertz CT molecular complexity index is 326. The monoisotopic (exact) mass is 313 g/mol. The van der Waals surface area contributed by atoms with Gasteiger partial charge in [0.1, 0.15) is 0 Å². The van der Waals surface area contributed by atoms with Crippen LogP contribution in [0.2, 0.25) is 0 Å². The first kappa shape index (κ1) is 15.7. The Labute approximate surface area is 119 Å². The van der Waals surface area contributed by atoms with Crippen molar-refractivity contribution in [2.45, 2.75) is 26.2 Å². The van der Waals surface area contributed by atoms with Crippen molar-refractivity contribution < 1.29 is 4.74 Å². The molecule has 2 nitrogen and oxygen atoms in total. The van der Waals surface area contributed by atoms with Crippen LogP contribution in [0.4, 0.5) is 0 Å². The second-order valence-electron chi connectivity index (χ2n) is 4.74. The molecule has 0 fully saturated rings. The molecule has 3 heteroatoms. The van der Waals surface area contributed by atoms with Crippen molar-refractivity contribution in [2.24, 2.45) is 5.92 Å². The molecule has 2 atom stereocenters. The van der Waals surface area contributed by atoms with E-state index in [0.717, 1.165) is 24.2 Å². The minimum Gasteiger partial charge on any atom is -0.383 e. The average Bonchev–Trinajstić information content (AvgIpc) is 2.39. The molecule has 1 aromatic carbocycles. The molecule has 0 aromatic heterocycles. The quantitative estimate of drug-likeness (QED) is 0.737. The van der Waals surface area contributed by atoms with E-state index in [9.17, 15) is 0 Å². The normalized spacial score (nSPS) is 14.4. The SMILES string of the molecule is CCC(C)C(CNCCOC)c1ccc(Br)cc1. The summed E-state index contributed by atoms with van der Waals surface area (Å²) in [6.45, 7) is 7.28. The number of ether oxygens (including phenoxy) is 1. The van der Waals surface area contributed by atoms with E-state index in [1.165, 1.54) is 12.0 Å². The third-order valence-electron chi connectivity index (χ3n) is 3.48. The Morgan fingerprint density at radius 2 is 1.94 bits per heavy atom. The molecule has 2 unspecified atom stereocenters. The highest BCUT2D eigenvalue weighted by molar-refractivity contribution is 9.10. The van der Waals surface area contributed by atoms with Crippen LogP contribution in [0.3, 0.4) is 0 Å². The first-order chi connectivity index (χ1) is 8.69. The predicted octanol–water partition coefficient (Wildman–Crippen LogP) is 3.81. The van der Waals surface area contributed by atoms with Gasteiger partial charge in [0, 0.05) is 24.7 Å². The van der Waals surface area contributed by atoms with Gasteiger partial charge in [-0.15, -0.1) is 0 Å². The first-order valence-electron chi connectivity index (χ1n) is 6.64. The summed E-state index contributed by atoms with van der Waals surface area (Å²) in [5.41, 5.74) is 1.41. The van der Waals surface area contributed by atoms with Gasteiger partial charge in [-0.05, 0) is 29.5 Å². The zero-order valence-electron chi connectivity index (χ0n) is 11.6. The van der Waals surface area contributed by atoms with Crippen LogP contribution in [0.25, 0.3) is 0 Å². The van der Waals surface area contributed by atoms with Gasteiger partial charge in [-0.25, -0.2) is 0 Å². The summed E-state index contributed by atoms with van der Waals surface area (Å²) >= 11 is 3.49. The molecule has 1 aromatic rings. The van der Waals surface area contributed by atoms with E-state index in [0.29, 0.717) is 11.8 Å². The molecule has 0 aliphatic carbocycles. The van der Waals surface area contributed by atoms with Gasteiger partial charge >= 0.3 is 0 Å². The summed E-state index contributed by atoms with van der Waals surface area (Å²) in [6, 6.07) is 8.69. The van der Waals surface area contributed by atoms with Crippen LogP contribution in [0.15, 0.2) is 28.7 Å². The molecular weight excluding hydrogens is 290 g/mol. The van der Waals surface area contributed by atoms with Gasteiger partial charge in [-0.3, -0.25) is 0 Å². The molecule has 102 valence electrons. The molecule has 0 bridgehead atoms. The highest BCUT2D eigenvalue weighted by Gasteiger charge is 2.17. The van der Waals surface area contributed by atoms with Crippen molar-refractivity contribution in [3.05, 3.63) is 34.3 Å². The minimum absolute atomic E-state index is 0.569. The number of hydrogen-bond donors (Lipinski definition) is 1. The Hall–Kier alpha value is -0.380. The lowest BCUT2D eigenvalue weighted by Crippen LogP contribution is -2.28. The van der Waals surface area contributed by atoms with Crippen LogP contribution in [0, 0.1) is 5.92 Å². The Morgan fingerprint density at radius 3 is 2.50 bits per heavy atom. The van der Waals surface area contributed by atoms with E-state index in [1.54, 1.807) is 7.11 Å². The summed E-state index contributed by atoms with van der Waals surface area (Å²) in [7, 11) is 1.74. The summed E-state index contributed by atoms with van der Waals surface area (Å²) in [5.74, 6) is 1.25. The molecule has 0 heterocycles. The third kappa shape index (κ3) is 5.09. The maximum atomic E-state index is 5.06. The highest BCUT2D eigenvalue weighted by atomic mass is 79.9. The number of halogens is 1. The fourth-order valence-corrected chi connectivity index (χ4v) is 2.34. The lowest BCUT2D eigenvalue weighted by Gasteiger charge is -2.24. The third-order valence-corrected chi connectivity index (χ3v) is 4.00. The van der Waals surface area contributed by atoms with Crippen molar-refractivity contribution >= 4 is 15.9 Å². The van der Waals surface area contributed by atoms with Gasteiger partial charge in [-0.2, -0.15) is 0 Å². The van der Waals surface area contributed by atoms with Crippen molar-refractivity contribution in [1.29, 1.82) is 0 Å². The van der Waals surface area contributed by atoms with Crippen LogP contribution in [0.5, 0.6) is 0 Å². The van der Waals surface area contributed by atoms with Crippen LogP contribution in [-0.2, 0) is 4.74 Å². The second kappa shape index (κ2) is 8.68. The van der Waals surface area contributed by atoms with E-state index < -0.39 is 0 Å². The Kier molecular flexibility index (Phi) is 7.56. The molecule has 1 rings (SSSR count). The standard InChI is InChI=1S/C15H24BrNO/c1-4-12(2)15(11-17-9-10-18-3)13-5-7-14(16)8-6-13/h5-8,12,15,17H,4,9-11H2,1-3H3. The van der Waals surface area contributed by atoms with Crippen molar-refractivity contribution in [2.75, 3.05) is 26.8 Å². The van der Waals surface area contributed by atoms with Crippen molar-refractivity contribution in [3.8, 4) is 0 Å². The van der Waals surface area contributed by atoms with Crippen LogP contribution < -0.4 is 5.32 Å². The van der Waals surface area contributed by atoms with E-state index >= 15 is 0 Å². The lowest BCUT2D eigenvalue weighted by atomic mass is 9.85. The van der Waals surface area contributed by atoms with E-state index in [2.05, 4.69) is 59.4 Å². The number of hydrogen-bond acceptors (Lipinski definition) is 2. The molecule has 0 aliphatic heterocycles. The molecule has 0 spiro atoms. The molecule has 0 saturated carbocycles. The van der Waals surface area contributed by atoms with Crippen LogP contribution in [-0.4, -0.2) is 26.8 Å². The number of methoxy groups -OCH3 is 1.